The highest BCUT2D eigenvalue weighted by Crippen LogP contribution is 1.95. The zero-order valence-corrected chi connectivity index (χ0v) is 9.81. The van der Waals surface area contributed by atoms with E-state index in [0.717, 1.165) is 12.1 Å². The van der Waals surface area contributed by atoms with Gasteiger partial charge in [-0.15, -0.1) is 5.10 Å². The van der Waals surface area contributed by atoms with Crippen LogP contribution in [0.4, 0.5) is 0 Å². The highest BCUT2D eigenvalue weighted by molar-refractivity contribution is 5.75. The molecule has 3 N–H and O–H groups in total. The van der Waals surface area contributed by atoms with Gasteiger partial charge >= 0.3 is 0 Å². The zero-order chi connectivity index (χ0) is 12.0. The van der Waals surface area contributed by atoms with Gasteiger partial charge in [0.25, 0.3) is 0 Å². The average Bonchev–Trinajstić information content (AvgIpc) is 2.62. The Morgan fingerprint density at radius 3 is 3.00 bits per heavy atom. The van der Waals surface area contributed by atoms with Crippen LogP contribution in [0.5, 0.6) is 0 Å². The van der Waals surface area contributed by atoms with Gasteiger partial charge in [0.05, 0.1) is 12.2 Å². The summed E-state index contributed by atoms with van der Waals surface area (Å²) in [5.41, 5.74) is 6.27. The molecular weight excluding hydrogens is 206 g/mol. The van der Waals surface area contributed by atoms with Crippen molar-refractivity contribution in [1.29, 1.82) is 0 Å². The predicted octanol–water partition coefficient (Wildman–Crippen LogP) is -0.306. The van der Waals surface area contributed by atoms with Crippen LogP contribution < -0.4 is 11.1 Å². The molecule has 1 amide bonds. The number of rotatable bonds is 6. The van der Waals surface area contributed by atoms with Crippen molar-refractivity contribution in [3.05, 3.63) is 11.9 Å². The van der Waals surface area contributed by atoms with Crippen LogP contribution in [0.2, 0.25) is 0 Å². The number of aryl methyl sites for hydroxylation is 1. The highest BCUT2D eigenvalue weighted by atomic mass is 16.1. The van der Waals surface area contributed by atoms with Gasteiger partial charge in [-0.3, -0.25) is 9.48 Å². The maximum absolute atomic E-state index is 11.4. The number of nitrogens with one attached hydrogen (secondary N) is 1. The molecule has 16 heavy (non-hydrogen) atoms. The molecule has 0 unspecified atom stereocenters. The molecule has 90 valence electrons. The average molecular weight is 225 g/mol. The summed E-state index contributed by atoms with van der Waals surface area (Å²) >= 11 is 0. The molecule has 0 aliphatic heterocycles. The van der Waals surface area contributed by atoms with Gasteiger partial charge in [-0.05, 0) is 20.4 Å². The molecule has 6 heteroatoms. The Morgan fingerprint density at radius 1 is 1.62 bits per heavy atom. The van der Waals surface area contributed by atoms with Gasteiger partial charge in [0, 0.05) is 25.1 Å². The normalized spacial score (nSPS) is 10.8. The lowest BCUT2D eigenvalue weighted by Gasteiger charge is -2.07. The summed E-state index contributed by atoms with van der Waals surface area (Å²) in [6.45, 7) is 4.99. The monoisotopic (exact) mass is 225 g/mol. The van der Waals surface area contributed by atoms with Gasteiger partial charge in [0.2, 0.25) is 5.91 Å². The van der Waals surface area contributed by atoms with Crippen LogP contribution in [0, 0.1) is 0 Å². The van der Waals surface area contributed by atoms with Crippen LogP contribution in [0.15, 0.2) is 6.20 Å². The van der Waals surface area contributed by atoms with Crippen LogP contribution in [0.25, 0.3) is 0 Å². The molecule has 0 saturated heterocycles. The fourth-order valence-electron chi connectivity index (χ4n) is 1.32. The fourth-order valence-corrected chi connectivity index (χ4v) is 1.32. The summed E-state index contributed by atoms with van der Waals surface area (Å²) in [5, 5.41) is 10.7. The van der Waals surface area contributed by atoms with E-state index in [1.807, 2.05) is 20.0 Å². The molecule has 6 nitrogen and oxygen atoms in total. The van der Waals surface area contributed by atoms with E-state index in [9.17, 15) is 4.79 Å². The number of nitrogens with zero attached hydrogens (tertiary/aromatic N) is 3. The molecular formula is C10H19N5O. The van der Waals surface area contributed by atoms with Gasteiger partial charge in [0.1, 0.15) is 0 Å². The first-order chi connectivity index (χ1) is 7.61. The van der Waals surface area contributed by atoms with E-state index in [-0.39, 0.29) is 11.9 Å². The molecule has 0 saturated carbocycles. The predicted molar refractivity (Wildman–Crippen MR) is 60.7 cm³/mol. The maximum Gasteiger partial charge on any atom is 0.222 e. The van der Waals surface area contributed by atoms with Gasteiger partial charge in [0.15, 0.2) is 0 Å². The van der Waals surface area contributed by atoms with Gasteiger partial charge < -0.3 is 11.1 Å². The minimum absolute atomic E-state index is 0.0332. The van der Waals surface area contributed by atoms with Crippen LogP contribution in [0.1, 0.15) is 26.0 Å². The standard InChI is InChI=1S/C10H19N5O/c1-8(2)12-10(16)4-6-15-7-9(3-5-11)13-14-15/h7-8H,3-6,11H2,1-2H3,(H,12,16). The Morgan fingerprint density at radius 2 is 2.38 bits per heavy atom. The van der Waals surface area contributed by atoms with Crippen molar-refractivity contribution in [3.8, 4) is 0 Å². The second-order valence-electron chi connectivity index (χ2n) is 3.98. The zero-order valence-electron chi connectivity index (χ0n) is 9.81. The fraction of sp³-hybridized carbons (Fsp3) is 0.700. The van der Waals surface area contributed by atoms with Crippen molar-refractivity contribution in [2.75, 3.05) is 6.54 Å². The van der Waals surface area contributed by atoms with E-state index in [1.54, 1.807) is 4.68 Å². The Labute approximate surface area is 95.2 Å². The minimum atomic E-state index is 0.0332. The number of hydrogen-bond donors (Lipinski definition) is 2. The summed E-state index contributed by atoms with van der Waals surface area (Å²) in [5.74, 6) is 0.0332. The molecule has 1 rings (SSSR count). The molecule has 1 aromatic rings. The van der Waals surface area contributed by atoms with Crippen molar-refractivity contribution < 1.29 is 4.79 Å². The quantitative estimate of drug-likeness (QED) is 0.695. The topological polar surface area (TPSA) is 85.8 Å². The SMILES string of the molecule is CC(C)NC(=O)CCn1cc(CCN)nn1. The lowest BCUT2D eigenvalue weighted by Crippen LogP contribution is -2.30. The third-order valence-corrected chi connectivity index (χ3v) is 2.00. The molecule has 0 aliphatic rings. The summed E-state index contributed by atoms with van der Waals surface area (Å²) < 4.78 is 1.67. The van der Waals surface area contributed by atoms with Gasteiger partial charge in [-0.1, -0.05) is 5.21 Å². The first kappa shape index (κ1) is 12.6. The van der Waals surface area contributed by atoms with Crippen LogP contribution in [0.3, 0.4) is 0 Å². The molecule has 1 aromatic heterocycles. The highest BCUT2D eigenvalue weighted by Gasteiger charge is 2.05. The van der Waals surface area contributed by atoms with E-state index < -0.39 is 0 Å². The molecule has 0 atom stereocenters. The molecule has 0 bridgehead atoms. The Kier molecular flexibility index (Phi) is 4.91. The Balaban J connectivity index is 2.33. The maximum atomic E-state index is 11.4. The molecule has 0 radical (unpaired) electrons. The van der Waals surface area contributed by atoms with Crippen LogP contribution >= 0.6 is 0 Å². The summed E-state index contributed by atoms with van der Waals surface area (Å²) in [6.07, 6.45) is 2.97. The molecule has 0 aliphatic carbocycles. The van der Waals surface area contributed by atoms with Crippen LogP contribution in [-0.2, 0) is 17.8 Å². The second-order valence-corrected chi connectivity index (χ2v) is 3.98. The number of amides is 1. The van der Waals surface area contributed by atoms with E-state index in [1.165, 1.54) is 0 Å². The molecule has 0 aromatic carbocycles. The van der Waals surface area contributed by atoms with Crippen molar-refractivity contribution in [2.24, 2.45) is 5.73 Å². The molecule has 1 heterocycles. The molecule has 0 spiro atoms. The first-order valence-corrected chi connectivity index (χ1v) is 5.50. The van der Waals surface area contributed by atoms with Crippen molar-refractivity contribution in [1.82, 2.24) is 20.3 Å². The summed E-state index contributed by atoms with van der Waals surface area (Å²) in [6, 6.07) is 0.177. The van der Waals surface area contributed by atoms with Crippen molar-refractivity contribution in [2.45, 2.75) is 39.3 Å². The number of aromatic nitrogens is 3. The van der Waals surface area contributed by atoms with E-state index in [4.69, 9.17) is 5.73 Å². The summed E-state index contributed by atoms with van der Waals surface area (Å²) in [7, 11) is 0. The number of hydrogen-bond acceptors (Lipinski definition) is 4. The van der Waals surface area contributed by atoms with Gasteiger partial charge in [-0.2, -0.15) is 0 Å². The third-order valence-electron chi connectivity index (χ3n) is 2.00. The minimum Gasteiger partial charge on any atom is -0.354 e. The summed E-state index contributed by atoms with van der Waals surface area (Å²) in [4.78, 5) is 11.4. The van der Waals surface area contributed by atoms with Crippen molar-refractivity contribution in [3.63, 3.8) is 0 Å². The van der Waals surface area contributed by atoms with E-state index in [2.05, 4.69) is 15.6 Å². The Hall–Kier alpha value is -1.43. The smallest absolute Gasteiger partial charge is 0.222 e. The second kappa shape index (κ2) is 6.22. The number of nitrogens with two attached hydrogens (primary N) is 1. The number of carbonyl (C=O) groups excluding carboxylic acids is 1. The first-order valence-electron chi connectivity index (χ1n) is 5.50. The third kappa shape index (κ3) is 4.39. The molecule has 0 fully saturated rings. The Bertz CT molecular complexity index is 334. The lowest BCUT2D eigenvalue weighted by molar-refractivity contribution is -0.121. The largest absolute Gasteiger partial charge is 0.354 e. The number of carbonyl (C=O) groups is 1. The van der Waals surface area contributed by atoms with Gasteiger partial charge in [-0.25, -0.2) is 0 Å². The van der Waals surface area contributed by atoms with E-state index in [0.29, 0.717) is 19.5 Å². The lowest BCUT2D eigenvalue weighted by atomic mass is 10.3. The van der Waals surface area contributed by atoms with Crippen molar-refractivity contribution >= 4 is 5.91 Å². The van der Waals surface area contributed by atoms with Crippen LogP contribution in [-0.4, -0.2) is 33.5 Å². The van der Waals surface area contributed by atoms with E-state index >= 15 is 0 Å².